The molecule has 44 heavy (non-hydrogen) atoms. The third-order valence-corrected chi connectivity index (χ3v) is 9.30. The summed E-state index contributed by atoms with van der Waals surface area (Å²) in [5, 5.41) is 3.59. The van der Waals surface area contributed by atoms with E-state index in [1.165, 1.54) is 62.6 Å². The van der Waals surface area contributed by atoms with Crippen molar-refractivity contribution in [2.24, 2.45) is 0 Å². The maximum Gasteiger partial charge on any atom is 0.265 e. The molecule has 0 unspecified atom stereocenters. The number of sulfonamides is 1. The van der Waals surface area contributed by atoms with Crippen LogP contribution in [0.3, 0.4) is 0 Å². The molecule has 0 fully saturated rings. The predicted molar refractivity (Wildman–Crippen MR) is 172 cm³/mol. The van der Waals surface area contributed by atoms with Crippen molar-refractivity contribution in [2.75, 3.05) is 32.2 Å². The largest absolute Gasteiger partial charge is 0.495 e. The minimum absolute atomic E-state index is 0.0110. The fraction of sp³-hybridized carbons (Fsp3) is 0.333. The van der Waals surface area contributed by atoms with Crippen LogP contribution in [0.2, 0.25) is 15.1 Å². The summed E-state index contributed by atoms with van der Waals surface area (Å²) in [4.78, 5) is 28.4. The molecule has 0 spiro atoms. The molecule has 1 N–H and O–H groups in total. The van der Waals surface area contributed by atoms with Crippen LogP contribution in [0.4, 0.5) is 5.69 Å². The number of benzene rings is 3. The van der Waals surface area contributed by atoms with Crippen LogP contribution in [0.15, 0.2) is 59.5 Å². The van der Waals surface area contributed by atoms with E-state index >= 15 is 0 Å². The molecule has 0 heterocycles. The lowest BCUT2D eigenvalue weighted by Gasteiger charge is -2.32. The topological polar surface area (TPSA) is 114 Å². The van der Waals surface area contributed by atoms with E-state index in [1.54, 1.807) is 39.0 Å². The number of nitrogens with zero attached hydrogens (tertiary/aromatic N) is 2. The van der Waals surface area contributed by atoms with Gasteiger partial charge in [-0.1, -0.05) is 40.9 Å². The molecular formula is C30H34Cl3N3O7S. The Morgan fingerprint density at radius 1 is 0.818 bits per heavy atom. The van der Waals surface area contributed by atoms with Crippen molar-refractivity contribution in [3.05, 3.63) is 75.2 Å². The molecule has 0 aliphatic rings. The first kappa shape index (κ1) is 35.1. The monoisotopic (exact) mass is 685 g/mol. The van der Waals surface area contributed by atoms with Gasteiger partial charge in [0, 0.05) is 23.7 Å². The molecular weight excluding hydrogens is 653 g/mol. The van der Waals surface area contributed by atoms with Crippen molar-refractivity contribution in [1.82, 2.24) is 10.2 Å². The Morgan fingerprint density at radius 3 is 2.05 bits per heavy atom. The van der Waals surface area contributed by atoms with Crippen molar-refractivity contribution in [2.45, 2.75) is 44.3 Å². The number of halogens is 3. The van der Waals surface area contributed by atoms with Gasteiger partial charge in [-0.2, -0.15) is 0 Å². The molecule has 0 aromatic heterocycles. The lowest BCUT2D eigenvalue weighted by Crippen LogP contribution is -2.52. The summed E-state index contributed by atoms with van der Waals surface area (Å²) < 4.78 is 45.5. The number of amides is 2. The van der Waals surface area contributed by atoms with E-state index in [2.05, 4.69) is 5.32 Å². The highest BCUT2D eigenvalue weighted by Gasteiger charge is 2.34. The van der Waals surface area contributed by atoms with E-state index in [-0.39, 0.29) is 44.7 Å². The van der Waals surface area contributed by atoms with E-state index < -0.39 is 34.4 Å². The van der Waals surface area contributed by atoms with E-state index in [1.807, 2.05) is 0 Å². The van der Waals surface area contributed by atoms with Crippen LogP contribution in [0, 0.1) is 0 Å². The number of ether oxygens (including phenoxy) is 3. The van der Waals surface area contributed by atoms with Crippen LogP contribution >= 0.6 is 34.8 Å². The van der Waals surface area contributed by atoms with Gasteiger partial charge in [0.15, 0.2) is 11.5 Å². The standard InChI is InChI=1S/C30H34Cl3N3O7S/c1-18(2)34-30(38)19(3)35(16-20-7-10-23(32)24(33)13-20)29(37)17-36(25-14-21(31)8-11-26(25)41-4)44(39,40)22-9-12-27(42-5)28(15-22)43-6/h7-15,18-19H,16-17H2,1-6H3,(H,34,38)/t19-/m1/s1. The molecule has 0 aliphatic carbocycles. The van der Waals surface area contributed by atoms with E-state index in [0.717, 1.165) is 4.31 Å². The Hall–Kier alpha value is -3.38. The summed E-state index contributed by atoms with van der Waals surface area (Å²) in [6, 6.07) is 12.1. The van der Waals surface area contributed by atoms with E-state index in [9.17, 15) is 18.0 Å². The van der Waals surface area contributed by atoms with Gasteiger partial charge in [0.1, 0.15) is 18.3 Å². The van der Waals surface area contributed by atoms with Crippen LogP contribution in [0.1, 0.15) is 26.3 Å². The zero-order valence-corrected chi connectivity index (χ0v) is 28.1. The smallest absolute Gasteiger partial charge is 0.265 e. The number of hydrogen-bond acceptors (Lipinski definition) is 7. The second-order valence-corrected chi connectivity index (χ2v) is 13.1. The molecule has 0 bridgehead atoms. The maximum absolute atomic E-state index is 14.3. The molecule has 3 aromatic carbocycles. The lowest BCUT2D eigenvalue weighted by atomic mass is 10.1. The van der Waals surface area contributed by atoms with Gasteiger partial charge < -0.3 is 24.4 Å². The van der Waals surface area contributed by atoms with Gasteiger partial charge in [-0.25, -0.2) is 8.42 Å². The van der Waals surface area contributed by atoms with Crippen LogP contribution in [-0.4, -0.2) is 65.1 Å². The van der Waals surface area contributed by atoms with Gasteiger partial charge in [0.25, 0.3) is 10.0 Å². The molecule has 0 saturated heterocycles. The van der Waals surface area contributed by atoms with Crippen LogP contribution < -0.4 is 23.8 Å². The molecule has 2 amide bonds. The number of anilines is 1. The number of hydrogen-bond donors (Lipinski definition) is 1. The van der Waals surface area contributed by atoms with Crippen molar-refractivity contribution in [3.63, 3.8) is 0 Å². The second-order valence-electron chi connectivity index (χ2n) is 9.95. The van der Waals surface area contributed by atoms with Gasteiger partial charge in [0.2, 0.25) is 11.8 Å². The van der Waals surface area contributed by atoms with Crippen LogP contribution in [-0.2, 0) is 26.2 Å². The Kier molecular flexibility index (Phi) is 12.0. The first-order chi connectivity index (χ1) is 20.7. The zero-order chi connectivity index (χ0) is 32.8. The van der Waals surface area contributed by atoms with Gasteiger partial charge in [-0.05, 0) is 68.8 Å². The normalized spacial score (nSPS) is 12.0. The van der Waals surface area contributed by atoms with Crippen molar-refractivity contribution >= 4 is 62.3 Å². The third-order valence-electron chi connectivity index (χ3n) is 6.57. The first-order valence-electron chi connectivity index (χ1n) is 13.4. The molecule has 0 aliphatic heterocycles. The maximum atomic E-state index is 14.3. The van der Waals surface area contributed by atoms with Gasteiger partial charge >= 0.3 is 0 Å². The fourth-order valence-corrected chi connectivity index (χ4v) is 6.22. The molecule has 14 heteroatoms. The second kappa shape index (κ2) is 15.1. The molecule has 0 saturated carbocycles. The van der Waals surface area contributed by atoms with Gasteiger partial charge in [0.05, 0.1) is 42.0 Å². The number of carbonyl (C=O) groups is 2. The molecule has 1 atom stereocenters. The van der Waals surface area contributed by atoms with E-state index in [0.29, 0.717) is 16.3 Å². The van der Waals surface area contributed by atoms with Gasteiger partial charge in [-0.3, -0.25) is 13.9 Å². The molecule has 0 radical (unpaired) electrons. The summed E-state index contributed by atoms with van der Waals surface area (Å²) in [5.74, 6) is -0.491. The van der Waals surface area contributed by atoms with Crippen molar-refractivity contribution in [3.8, 4) is 17.2 Å². The first-order valence-corrected chi connectivity index (χ1v) is 15.9. The van der Waals surface area contributed by atoms with Gasteiger partial charge in [-0.15, -0.1) is 0 Å². The number of carbonyl (C=O) groups excluding carboxylic acids is 2. The highest BCUT2D eigenvalue weighted by atomic mass is 35.5. The summed E-state index contributed by atoms with van der Waals surface area (Å²) >= 11 is 18.6. The predicted octanol–water partition coefficient (Wildman–Crippen LogP) is 5.81. The fourth-order valence-electron chi connectivity index (χ4n) is 4.30. The highest BCUT2D eigenvalue weighted by molar-refractivity contribution is 7.92. The number of nitrogens with one attached hydrogen (secondary N) is 1. The zero-order valence-electron chi connectivity index (χ0n) is 25.1. The average Bonchev–Trinajstić information content (AvgIpc) is 2.98. The highest BCUT2D eigenvalue weighted by Crippen LogP contribution is 2.37. The quantitative estimate of drug-likeness (QED) is 0.241. The minimum atomic E-state index is -4.47. The summed E-state index contributed by atoms with van der Waals surface area (Å²) in [7, 11) is -0.303. The Bertz CT molecular complexity index is 1620. The summed E-state index contributed by atoms with van der Waals surface area (Å²) in [6.45, 7) is 4.35. The van der Waals surface area contributed by atoms with E-state index in [4.69, 9.17) is 49.0 Å². The van der Waals surface area contributed by atoms with Crippen LogP contribution in [0.5, 0.6) is 17.2 Å². The summed E-state index contributed by atoms with van der Waals surface area (Å²) in [6.07, 6.45) is 0. The number of methoxy groups -OCH3 is 3. The summed E-state index contributed by atoms with van der Waals surface area (Å²) in [5.41, 5.74) is 0.587. The molecule has 10 nitrogen and oxygen atoms in total. The minimum Gasteiger partial charge on any atom is -0.495 e. The van der Waals surface area contributed by atoms with Crippen LogP contribution in [0.25, 0.3) is 0 Å². The molecule has 3 aromatic rings. The Morgan fingerprint density at radius 2 is 1.45 bits per heavy atom. The SMILES string of the molecule is COc1ccc(S(=O)(=O)N(CC(=O)N(Cc2ccc(Cl)c(Cl)c2)[C@H](C)C(=O)NC(C)C)c2cc(Cl)ccc2OC)cc1OC. The van der Waals surface area contributed by atoms with Crippen molar-refractivity contribution in [1.29, 1.82) is 0 Å². The molecule has 238 valence electrons. The Labute approximate surface area is 272 Å². The number of rotatable bonds is 13. The average molecular weight is 687 g/mol. The third kappa shape index (κ3) is 8.20. The van der Waals surface area contributed by atoms with Crippen molar-refractivity contribution < 1.29 is 32.2 Å². The Balaban J connectivity index is 2.16. The lowest BCUT2D eigenvalue weighted by molar-refractivity contribution is -0.139. The molecule has 3 rings (SSSR count).